The van der Waals surface area contributed by atoms with E-state index in [1.165, 1.54) is 0 Å². The van der Waals surface area contributed by atoms with Crippen molar-refractivity contribution in [2.24, 2.45) is 0 Å². The number of hydrogen-bond acceptors (Lipinski definition) is 4. The van der Waals surface area contributed by atoms with Crippen molar-refractivity contribution in [2.75, 3.05) is 39.3 Å². The molecule has 0 aromatic rings. The summed E-state index contributed by atoms with van der Waals surface area (Å²) in [6.45, 7) is 7.45. The Hall–Kier alpha value is -1.14. The minimum Gasteiger partial charge on any atom is -0.480 e. The molecule has 1 heterocycles. The first kappa shape index (κ1) is 14.9. The maximum atomic E-state index is 11.7. The monoisotopic (exact) mass is 257 g/mol. The van der Waals surface area contributed by atoms with Gasteiger partial charge in [-0.2, -0.15) is 0 Å². The lowest BCUT2D eigenvalue weighted by Gasteiger charge is -2.33. The van der Waals surface area contributed by atoms with Crippen molar-refractivity contribution in [3.8, 4) is 0 Å². The van der Waals surface area contributed by atoms with Gasteiger partial charge < -0.3 is 10.4 Å². The number of amides is 1. The van der Waals surface area contributed by atoms with Gasteiger partial charge in [0.2, 0.25) is 5.91 Å². The van der Waals surface area contributed by atoms with E-state index in [1.54, 1.807) is 0 Å². The van der Waals surface area contributed by atoms with Crippen LogP contribution in [0.4, 0.5) is 0 Å². The predicted octanol–water partition coefficient (Wildman–Crippen LogP) is -0.397. The Morgan fingerprint density at radius 1 is 1.17 bits per heavy atom. The fraction of sp³-hybridized carbons (Fsp3) is 0.833. The third-order valence-corrected chi connectivity index (χ3v) is 3.21. The Morgan fingerprint density at radius 3 is 2.11 bits per heavy atom. The molecule has 2 N–H and O–H groups in total. The van der Waals surface area contributed by atoms with Gasteiger partial charge in [0.05, 0.1) is 13.1 Å². The van der Waals surface area contributed by atoms with Crippen molar-refractivity contribution >= 4 is 11.9 Å². The number of nitrogens with zero attached hydrogens (tertiary/aromatic N) is 2. The number of carbonyl (C=O) groups is 2. The largest absolute Gasteiger partial charge is 0.480 e. The highest BCUT2D eigenvalue weighted by atomic mass is 16.4. The van der Waals surface area contributed by atoms with Crippen LogP contribution in [0.1, 0.15) is 20.3 Å². The number of aliphatic carboxylic acids is 1. The molecule has 1 rings (SSSR count). The van der Waals surface area contributed by atoms with Gasteiger partial charge in [0.1, 0.15) is 0 Å². The van der Waals surface area contributed by atoms with E-state index < -0.39 is 5.97 Å². The molecule has 6 heteroatoms. The summed E-state index contributed by atoms with van der Waals surface area (Å²) < 4.78 is 0. The van der Waals surface area contributed by atoms with Gasteiger partial charge in [-0.25, -0.2) is 0 Å². The summed E-state index contributed by atoms with van der Waals surface area (Å²) in [6, 6.07) is 0.214. The standard InChI is InChI=1S/C12H23N3O3/c1-3-10(2)13-11(16)8-14-4-6-15(7-5-14)9-12(17)18/h10H,3-9H2,1-2H3,(H,13,16)(H,17,18). The summed E-state index contributed by atoms with van der Waals surface area (Å²) in [5.74, 6) is -0.742. The van der Waals surface area contributed by atoms with Crippen LogP contribution in [0.5, 0.6) is 0 Å². The number of carbonyl (C=O) groups excluding carboxylic acids is 1. The fourth-order valence-electron chi connectivity index (χ4n) is 1.92. The van der Waals surface area contributed by atoms with Gasteiger partial charge in [-0.3, -0.25) is 19.4 Å². The minimum atomic E-state index is -0.794. The van der Waals surface area contributed by atoms with Gasteiger partial charge in [0, 0.05) is 32.2 Å². The lowest BCUT2D eigenvalue weighted by atomic mass is 10.2. The Balaban J connectivity index is 2.22. The maximum absolute atomic E-state index is 11.7. The van der Waals surface area contributed by atoms with Crippen LogP contribution >= 0.6 is 0 Å². The van der Waals surface area contributed by atoms with Crippen molar-refractivity contribution < 1.29 is 14.7 Å². The van der Waals surface area contributed by atoms with Crippen molar-refractivity contribution in [2.45, 2.75) is 26.3 Å². The lowest BCUT2D eigenvalue weighted by Crippen LogP contribution is -2.51. The zero-order valence-corrected chi connectivity index (χ0v) is 11.2. The van der Waals surface area contributed by atoms with E-state index in [9.17, 15) is 9.59 Å². The fourth-order valence-corrected chi connectivity index (χ4v) is 1.92. The van der Waals surface area contributed by atoms with E-state index in [0.29, 0.717) is 19.6 Å². The van der Waals surface area contributed by atoms with E-state index >= 15 is 0 Å². The molecule has 1 saturated heterocycles. The van der Waals surface area contributed by atoms with E-state index in [2.05, 4.69) is 10.2 Å². The Kier molecular flexibility index (Phi) is 6.07. The molecule has 0 aliphatic carbocycles. The first-order valence-corrected chi connectivity index (χ1v) is 6.47. The number of rotatable bonds is 6. The van der Waals surface area contributed by atoms with Gasteiger partial charge in [-0.05, 0) is 13.3 Å². The lowest BCUT2D eigenvalue weighted by molar-refractivity contribution is -0.139. The second-order valence-corrected chi connectivity index (χ2v) is 4.82. The summed E-state index contributed by atoms with van der Waals surface area (Å²) in [6.07, 6.45) is 0.929. The quantitative estimate of drug-likeness (QED) is 0.677. The Morgan fingerprint density at radius 2 is 1.67 bits per heavy atom. The van der Waals surface area contributed by atoms with Crippen LogP contribution in [0.2, 0.25) is 0 Å². The number of piperazine rings is 1. The van der Waals surface area contributed by atoms with Crippen LogP contribution in [-0.4, -0.2) is 72.1 Å². The highest BCUT2D eigenvalue weighted by molar-refractivity contribution is 5.78. The molecule has 1 fully saturated rings. The molecule has 18 heavy (non-hydrogen) atoms. The van der Waals surface area contributed by atoms with Crippen LogP contribution in [0.15, 0.2) is 0 Å². The van der Waals surface area contributed by atoms with Gasteiger partial charge in [-0.1, -0.05) is 6.92 Å². The van der Waals surface area contributed by atoms with E-state index in [4.69, 9.17) is 5.11 Å². The molecular weight excluding hydrogens is 234 g/mol. The highest BCUT2D eigenvalue weighted by Gasteiger charge is 2.20. The van der Waals surface area contributed by atoms with Crippen molar-refractivity contribution in [1.82, 2.24) is 15.1 Å². The highest BCUT2D eigenvalue weighted by Crippen LogP contribution is 2.01. The summed E-state index contributed by atoms with van der Waals surface area (Å²) >= 11 is 0. The van der Waals surface area contributed by atoms with Crippen LogP contribution in [0.3, 0.4) is 0 Å². The molecule has 0 aromatic carbocycles. The Labute approximate surface area is 108 Å². The summed E-state index contributed by atoms with van der Waals surface area (Å²) in [5.41, 5.74) is 0. The van der Waals surface area contributed by atoms with Crippen molar-refractivity contribution in [1.29, 1.82) is 0 Å². The van der Waals surface area contributed by atoms with Gasteiger partial charge >= 0.3 is 5.97 Å². The normalized spacial score (nSPS) is 19.4. The summed E-state index contributed by atoms with van der Waals surface area (Å²) in [5, 5.41) is 11.6. The first-order valence-electron chi connectivity index (χ1n) is 6.47. The molecular formula is C12H23N3O3. The smallest absolute Gasteiger partial charge is 0.317 e. The van der Waals surface area contributed by atoms with Crippen molar-refractivity contribution in [3.63, 3.8) is 0 Å². The molecule has 0 bridgehead atoms. The van der Waals surface area contributed by atoms with Crippen molar-refractivity contribution in [3.05, 3.63) is 0 Å². The molecule has 1 aliphatic heterocycles. The third kappa shape index (κ3) is 5.46. The molecule has 6 nitrogen and oxygen atoms in total. The number of carboxylic acids is 1. The summed E-state index contributed by atoms with van der Waals surface area (Å²) in [7, 11) is 0. The van der Waals surface area contributed by atoms with Crippen LogP contribution in [0, 0.1) is 0 Å². The minimum absolute atomic E-state index is 0.0519. The second kappa shape index (κ2) is 7.33. The van der Waals surface area contributed by atoms with Gasteiger partial charge in [-0.15, -0.1) is 0 Å². The second-order valence-electron chi connectivity index (χ2n) is 4.82. The van der Waals surface area contributed by atoms with E-state index in [-0.39, 0.29) is 18.5 Å². The first-order chi connectivity index (χ1) is 8.51. The SMILES string of the molecule is CCC(C)NC(=O)CN1CCN(CC(=O)O)CC1. The zero-order valence-electron chi connectivity index (χ0n) is 11.2. The van der Waals surface area contributed by atoms with Crippen LogP contribution < -0.4 is 5.32 Å². The molecule has 1 amide bonds. The average Bonchev–Trinajstić information content (AvgIpc) is 2.30. The maximum Gasteiger partial charge on any atom is 0.317 e. The van der Waals surface area contributed by atoms with E-state index in [1.807, 2.05) is 18.7 Å². The molecule has 1 aliphatic rings. The molecule has 0 radical (unpaired) electrons. The number of hydrogen-bond donors (Lipinski definition) is 2. The molecule has 104 valence electrons. The predicted molar refractivity (Wildman–Crippen MR) is 68.4 cm³/mol. The topological polar surface area (TPSA) is 72.9 Å². The Bertz CT molecular complexity index is 288. The van der Waals surface area contributed by atoms with E-state index in [0.717, 1.165) is 19.5 Å². The van der Waals surface area contributed by atoms with Crippen LogP contribution in [0.25, 0.3) is 0 Å². The van der Waals surface area contributed by atoms with Gasteiger partial charge in [0.25, 0.3) is 0 Å². The molecule has 0 saturated carbocycles. The average molecular weight is 257 g/mol. The molecule has 0 aromatic heterocycles. The molecule has 1 atom stereocenters. The zero-order chi connectivity index (χ0) is 13.5. The summed E-state index contributed by atoms with van der Waals surface area (Å²) in [4.78, 5) is 26.2. The number of nitrogens with one attached hydrogen (secondary N) is 1. The number of carboxylic acid groups (broad SMARTS) is 1. The molecule has 1 unspecified atom stereocenters. The third-order valence-electron chi connectivity index (χ3n) is 3.21. The van der Waals surface area contributed by atoms with Gasteiger partial charge in [0.15, 0.2) is 0 Å². The molecule has 0 spiro atoms. The van der Waals surface area contributed by atoms with Crippen LogP contribution in [-0.2, 0) is 9.59 Å².